The van der Waals surface area contributed by atoms with Crippen LogP contribution in [0.4, 0.5) is 0 Å². The van der Waals surface area contributed by atoms with E-state index in [4.69, 9.17) is 14.0 Å². The largest absolute Gasteiger partial charge is 0.493 e. The van der Waals surface area contributed by atoms with Gasteiger partial charge in [-0.3, -0.25) is 4.79 Å². The van der Waals surface area contributed by atoms with Gasteiger partial charge in [0.25, 0.3) is 5.91 Å². The van der Waals surface area contributed by atoms with Crippen LogP contribution in [0, 0.1) is 6.92 Å². The molecule has 1 heterocycles. The molecule has 2 aromatic carbocycles. The van der Waals surface area contributed by atoms with Crippen LogP contribution in [0.3, 0.4) is 0 Å². The van der Waals surface area contributed by atoms with Gasteiger partial charge in [0.1, 0.15) is 0 Å². The Kier molecular flexibility index (Phi) is 5.71. The summed E-state index contributed by atoms with van der Waals surface area (Å²) < 4.78 is 16.1. The van der Waals surface area contributed by atoms with Crippen molar-refractivity contribution in [1.82, 2.24) is 15.5 Å². The number of ether oxygens (including phenoxy) is 2. The zero-order valence-electron chi connectivity index (χ0n) is 15.4. The monoisotopic (exact) mass is 367 g/mol. The number of aromatic nitrogens is 2. The van der Waals surface area contributed by atoms with Crippen LogP contribution in [-0.4, -0.2) is 29.3 Å². The first-order chi connectivity index (χ1) is 13.1. The molecule has 3 rings (SSSR count). The highest BCUT2D eigenvalue weighted by atomic mass is 16.5. The van der Waals surface area contributed by atoms with Crippen molar-refractivity contribution in [2.24, 2.45) is 0 Å². The van der Waals surface area contributed by atoms with E-state index < -0.39 is 6.10 Å². The lowest BCUT2D eigenvalue weighted by Crippen LogP contribution is -2.36. The third-order valence-corrected chi connectivity index (χ3v) is 3.90. The zero-order valence-corrected chi connectivity index (χ0v) is 15.4. The van der Waals surface area contributed by atoms with Crippen LogP contribution in [0.2, 0.25) is 0 Å². The maximum absolute atomic E-state index is 12.3. The number of hydrogen-bond acceptors (Lipinski definition) is 6. The lowest BCUT2D eigenvalue weighted by Gasteiger charge is -2.16. The van der Waals surface area contributed by atoms with E-state index in [-0.39, 0.29) is 12.5 Å². The van der Waals surface area contributed by atoms with Gasteiger partial charge in [0.05, 0.1) is 13.7 Å². The minimum atomic E-state index is -0.708. The minimum absolute atomic E-state index is 0.122. The molecule has 0 aliphatic carbocycles. The van der Waals surface area contributed by atoms with E-state index in [0.717, 1.165) is 11.1 Å². The standard InChI is InChI=1S/C20H21N3O4/c1-13-7-6-8-15(11-13)19-22-18(27-23-19)12-21-20(24)14(2)26-17-10-5-4-9-16(17)25-3/h4-11,14H,12H2,1-3H3,(H,21,24)/t14-/m0/s1. The van der Waals surface area contributed by atoms with Gasteiger partial charge in [-0.1, -0.05) is 41.1 Å². The van der Waals surface area contributed by atoms with Crippen molar-refractivity contribution >= 4 is 5.91 Å². The number of benzene rings is 2. The highest BCUT2D eigenvalue weighted by Gasteiger charge is 2.18. The van der Waals surface area contributed by atoms with Crippen molar-refractivity contribution in [2.45, 2.75) is 26.5 Å². The van der Waals surface area contributed by atoms with Gasteiger partial charge in [-0.2, -0.15) is 4.98 Å². The van der Waals surface area contributed by atoms with Crippen LogP contribution in [-0.2, 0) is 11.3 Å². The van der Waals surface area contributed by atoms with E-state index in [1.54, 1.807) is 26.2 Å². The molecule has 0 radical (unpaired) electrons. The van der Waals surface area contributed by atoms with Gasteiger partial charge in [-0.05, 0) is 32.0 Å². The number of para-hydroxylation sites is 2. The zero-order chi connectivity index (χ0) is 19.2. The topological polar surface area (TPSA) is 86.5 Å². The molecule has 0 bridgehead atoms. The number of hydrogen-bond donors (Lipinski definition) is 1. The summed E-state index contributed by atoms with van der Waals surface area (Å²) >= 11 is 0. The third-order valence-electron chi connectivity index (χ3n) is 3.90. The molecule has 0 aliphatic heterocycles. The molecule has 0 unspecified atom stereocenters. The molecule has 3 aromatic rings. The first kappa shape index (κ1) is 18.4. The van der Waals surface area contributed by atoms with E-state index in [0.29, 0.717) is 23.2 Å². The van der Waals surface area contributed by atoms with Crippen LogP contribution >= 0.6 is 0 Å². The third kappa shape index (κ3) is 4.63. The lowest BCUT2D eigenvalue weighted by atomic mass is 10.1. The van der Waals surface area contributed by atoms with E-state index in [2.05, 4.69) is 15.5 Å². The Morgan fingerprint density at radius 1 is 1.19 bits per heavy atom. The number of rotatable bonds is 7. The quantitative estimate of drug-likeness (QED) is 0.690. The van der Waals surface area contributed by atoms with Gasteiger partial charge in [0, 0.05) is 5.56 Å². The van der Waals surface area contributed by atoms with Crippen molar-refractivity contribution in [2.75, 3.05) is 7.11 Å². The molecule has 7 nitrogen and oxygen atoms in total. The molecule has 1 amide bonds. The minimum Gasteiger partial charge on any atom is -0.493 e. The fourth-order valence-electron chi connectivity index (χ4n) is 2.49. The van der Waals surface area contributed by atoms with Crippen LogP contribution in [0.25, 0.3) is 11.4 Å². The fraction of sp³-hybridized carbons (Fsp3) is 0.250. The molecule has 140 valence electrons. The summed E-state index contributed by atoms with van der Waals surface area (Å²) in [5.74, 6) is 1.58. The Balaban J connectivity index is 1.57. The highest BCUT2D eigenvalue weighted by Crippen LogP contribution is 2.26. The molecule has 0 aliphatic rings. The van der Waals surface area contributed by atoms with Crippen LogP contribution < -0.4 is 14.8 Å². The Bertz CT molecular complexity index is 923. The second-order valence-corrected chi connectivity index (χ2v) is 6.01. The summed E-state index contributed by atoms with van der Waals surface area (Å²) in [6.45, 7) is 3.78. The van der Waals surface area contributed by atoms with E-state index >= 15 is 0 Å². The summed E-state index contributed by atoms with van der Waals surface area (Å²) in [6.07, 6.45) is -0.708. The van der Waals surface area contributed by atoms with Gasteiger partial charge < -0.3 is 19.3 Å². The van der Waals surface area contributed by atoms with Gasteiger partial charge in [0.15, 0.2) is 17.6 Å². The van der Waals surface area contributed by atoms with Crippen LogP contribution in [0.15, 0.2) is 53.1 Å². The molecule has 0 saturated carbocycles. The number of aryl methyl sites for hydroxylation is 1. The Morgan fingerprint density at radius 3 is 2.70 bits per heavy atom. The van der Waals surface area contributed by atoms with E-state index in [1.807, 2.05) is 43.3 Å². The Morgan fingerprint density at radius 2 is 1.96 bits per heavy atom. The van der Waals surface area contributed by atoms with Crippen molar-refractivity contribution < 1.29 is 18.8 Å². The molecule has 1 atom stereocenters. The predicted octanol–water partition coefficient (Wildman–Crippen LogP) is 3.14. The van der Waals surface area contributed by atoms with Gasteiger partial charge >= 0.3 is 0 Å². The first-order valence-corrected chi connectivity index (χ1v) is 8.54. The predicted molar refractivity (Wildman–Crippen MR) is 99.4 cm³/mol. The second kappa shape index (κ2) is 8.35. The van der Waals surface area contributed by atoms with Gasteiger partial charge in [-0.25, -0.2) is 0 Å². The molecular weight excluding hydrogens is 346 g/mol. The number of carbonyl (C=O) groups is 1. The summed E-state index contributed by atoms with van der Waals surface area (Å²) in [7, 11) is 1.55. The summed E-state index contributed by atoms with van der Waals surface area (Å²) in [4.78, 5) is 16.6. The molecule has 7 heteroatoms. The van der Waals surface area contributed by atoms with Crippen molar-refractivity contribution in [1.29, 1.82) is 0 Å². The molecule has 1 aromatic heterocycles. The number of carbonyl (C=O) groups excluding carboxylic acids is 1. The van der Waals surface area contributed by atoms with E-state index in [1.165, 1.54) is 0 Å². The van der Waals surface area contributed by atoms with Crippen molar-refractivity contribution in [3.63, 3.8) is 0 Å². The summed E-state index contributed by atoms with van der Waals surface area (Å²) in [5.41, 5.74) is 1.97. The second-order valence-electron chi connectivity index (χ2n) is 6.01. The number of amides is 1. The fourth-order valence-corrected chi connectivity index (χ4v) is 2.49. The van der Waals surface area contributed by atoms with Crippen molar-refractivity contribution in [3.05, 3.63) is 60.0 Å². The maximum atomic E-state index is 12.3. The Labute approximate surface area is 157 Å². The van der Waals surface area contributed by atoms with Crippen LogP contribution in [0.1, 0.15) is 18.4 Å². The molecule has 0 saturated heterocycles. The Hall–Kier alpha value is -3.35. The number of nitrogens with zero attached hydrogens (tertiary/aromatic N) is 2. The molecule has 0 fully saturated rings. The average molecular weight is 367 g/mol. The first-order valence-electron chi connectivity index (χ1n) is 8.54. The molecule has 1 N–H and O–H groups in total. The number of nitrogens with one attached hydrogen (secondary N) is 1. The van der Waals surface area contributed by atoms with Gasteiger partial charge in [0.2, 0.25) is 11.7 Å². The molecule has 27 heavy (non-hydrogen) atoms. The normalized spacial score (nSPS) is 11.7. The summed E-state index contributed by atoms with van der Waals surface area (Å²) in [6, 6.07) is 15.0. The number of methoxy groups -OCH3 is 1. The van der Waals surface area contributed by atoms with Gasteiger partial charge in [-0.15, -0.1) is 0 Å². The smallest absolute Gasteiger partial charge is 0.261 e. The SMILES string of the molecule is COc1ccccc1O[C@@H](C)C(=O)NCc1nc(-c2cccc(C)c2)no1. The highest BCUT2D eigenvalue weighted by molar-refractivity contribution is 5.80. The molecular formula is C20H21N3O4. The average Bonchev–Trinajstić information content (AvgIpc) is 3.15. The van der Waals surface area contributed by atoms with Crippen LogP contribution in [0.5, 0.6) is 11.5 Å². The van der Waals surface area contributed by atoms with Crippen molar-refractivity contribution in [3.8, 4) is 22.9 Å². The lowest BCUT2D eigenvalue weighted by molar-refractivity contribution is -0.127. The summed E-state index contributed by atoms with van der Waals surface area (Å²) in [5, 5.41) is 6.69. The van der Waals surface area contributed by atoms with E-state index in [9.17, 15) is 4.79 Å². The maximum Gasteiger partial charge on any atom is 0.261 e. The molecule has 0 spiro atoms.